The van der Waals surface area contributed by atoms with Crippen LogP contribution in [0, 0.1) is 0 Å². The number of amides is 1. The van der Waals surface area contributed by atoms with E-state index in [9.17, 15) is 4.79 Å². The fraction of sp³-hybridized carbons (Fsp3) is 0.0357. The zero-order chi connectivity index (χ0) is 23.3. The summed E-state index contributed by atoms with van der Waals surface area (Å²) in [6.45, 7) is 0. The van der Waals surface area contributed by atoms with Crippen molar-refractivity contribution < 1.29 is 4.79 Å². The number of nitrogens with zero attached hydrogens (tertiary/aromatic N) is 1. The maximum Gasteiger partial charge on any atom is 0.238 e. The average Bonchev–Trinajstić information content (AvgIpc) is 3.30. The number of carbonyl (C=O) groups excluding carboxylic acids is 1. The monoisotopic (exact) mass is 479 g/mol. The van der Waals surface area contributed by atoms with Gasteiger partial charge in [0, 0.05) is 5.56 Å². The largest absolute Gasteiger partial charge is 0.332 e. The normalized spacial score (nSPS) is 10.9. The van der Waals surface area contributed by atoms with Crippen LogP contribution < -0.4 is 10.6 Å². The zero-order valence-electron chi connectivity index (χ0n) is 18.1. The summed E-state index contributed by atoms with van der Waals surface area (Å²) >= 11 is 7.17. The number of thiazole rings is 1. The van der Waals surface area contributed by atoms with Crippen LogP contribution in [0.15, 0.2) is 109 Å². The zero-order valence-corrected chi connectivity index (χ0v) is 19.8. The number of thiocarbonyl (C=S) groups is 1. The number of aromatic nitrogens is 1. The van der Waals surface area contributed by atoms with Gasteiger partial charge in [0.15, 0.2) is 5.11 Å². The lowest BCUT2D eigenvalue weighted by Crippen LogP contribution is -2.38. The number of benzene rings is 4. The predicted octanol–water partition coefficient (Wildman–Crippen LogP) is 6.61. The molecular weight excluding hydrogens is 458 g/mol. The van der Waals surface area contributed by atoms with Crippen molar-refractivity contribution in [2.24, 2.45) is 0 Å². The second-order valence-electron chi connectivity index (χ2n) is 7.73. The van der Waals surface area contributed by atoms with E-state index >= 15 is 0 Å². The molecule has 1 heterocycles. The first-order valence-electron chi connectivity index (χ1n) is 10.9. The predicted molar refractivity (Wildman–Crippen MR) is 144 cm³/mol. The molecule has 0 aliphatic heterocycles. The Labute approximate surface area is 207 Å². The molecule has 5 rings (SSSR count). The van der Waals surface area contributed by atoms with E-state index in [1.165, 1.54) is 0 Å². The Bertz CT molecular complexity index is 1380. The Balaban J connectivity index is 1.38. The van der Waals surface area contributed by atoms with Crippen molar-refractivity contribution in [3.8, 4) is 10.6 Å². The van der Waals surface area contributed by atoms with E-state index < -0.39 is 5.92 Å². The SMILES string of the molecule is O=C(NC(=S)Nc1ccccc1-c1nc2ccccc2s1)C(c1ccccc1)c1ccccc1. The van der Waals surface area contributed by atoms with Crippen LogP contribution in [0.2, 0.25) is 0 Å². The molecule has 0 unspecified atom stereocenters. The molecule has 0 aliphatic rings. The molecule has 0 atom stereocenters. The summed E-state index contributed by atoms with van der Waals surface area (Å²) in [5.74, 6) is -0.658. The van der Waals surface area contributed by atoms with Crippen LogP contribution in [0.25, 0.3) is 20.8 Å². The fourth-order valence-corrected chi connectivity index (χ4v) is 5.11. The van der Waals surface area contributed by atoms with Gasteiger partial charge in [-0.1, -0.05) is 84.9 Å². The smallest absolute Gasteiger partial charge is 0.238 e. The number of fused-ring (bicyclic) bond motifs is 1. The molecule has 0 spiro atoms. The Morgan fingerprint density at radius 1 is 0.765 bits per heavy atom. The fourth-order valence-electron chi connectivity index (χ4n) is 3.89. The van der Waals surface area contributed by atoms with Crippen LogP contribution in [-0.2, 0) is 4.79 Å². The number of hydrogen-bond donors (Lipinski definition) is 2. The van der Waals surface area contributed by atoms with Crippen LogP contribution >= 0.6 is 23.6 Å². The topological polar surface area (TPSA) is 54.0 Å². The van der Waals surface area contributed by atoms with E-state index in [0.717, 1.165) is 37.6 Å². The Morgan fingerprint density at radius 2 is 1.35 bits per heavy atom. The molecule has 0 saturated carbocycles. The van der Waals surface area contributed by atoms with Gasteiger partial charge in [0.2, 0.25) is 5.91 Å². The first-order chi connectivity index (χ1) is 16.7. The minimum Gasteiger partial charge on any atom is -0.332 e. The van der Waals surface area contributed by atoms with Crippen LogP contribution in [0.4, 0.5) is 5.69 Å². The molecule has 0 radical (unpaired) electrons. The van der Waals surface area contributed by atoms with Crippen molar-refractivity contribution >= 4 is 50.5 Å². The molecule has 1 amide bonds. The first kappa shape index (κ1) is 21.9. The first-order valence-corrected chi connectivity index (χ1v) is 12.1. The number of anilines is 1. The van der Waals surface area contributed by atoms with Crippen LogP contribution in [0.1, 0.15) is 17.0 Å². The second-order valence-corrected chi connectivity index (χ2v) is 9.17. The summed E-state index contributed by atoms with van der Waals surface area (Å²) in [5.41, 5.74) is 4.50. The lowest BCUT2D eigenvalue weighted by Gasteiger charge is -2.19. The van der Waals surface area contributed by atoms with Crippen molar-refractivity contribution in [2.45, 2.75) is 5.92 Å². The number of para-hydroxylation sites is 2. The average molecular weight is 480 g/mol. The highest BCUT2D eigenvalue weighted by Crippen LogP contribution is 2.34. The van der Waals surface area contributed by atoms with Crippen molar-refractivity contribution in [3.63, 3.8) is 0 Å². The number of carbonyl (C=O) groups is 1. The van der Waals surface area contributed by atoms with Crippen molar-refractivity contribution in [2.75, 3.05) is 5.32 Å². The highest BCUT2D eigenvalue weighted by Gasteiger charge is 2.23. The quantitative estimate of drug-likeness (QED) is 0.279. The molecule has 0 bridgehead atoms. The molecule has 4 nitrogen and oxygen atoms in total. The van der Waals surface area contributed by atoms with Crippen LogP contribution in [0.5, 0.6) is 0 Å². The van der Waals surface area contributed by atoms with E-state index in [1.54, 1.807) is 11.3 Å². The van der Waals surface area contributed by atoms with Gasteiger partial charge in [0.1, 0.15) is 5.01 Å². The third-order valence-electron chi connectivity index (χ3n) is 5.46. The highest BCUT2D eigenvalue weighted by molar-refractivity contribution is 7.80. The van der Waals surface area contributed by atoms with E-state index in [-0.39, 0.29) is 11.0 Å². The van der Waals surface area contributed by atoms with Crippen LogP contribution in [0.3, 0.4) is 0 Å². The van der Waals surface area contributed by atoms with E-state index in [2.05, 4.69) is 16.7 Å². The van der Waals surface area contributed by atoms with E-state index in [1.807, 2.05) is 103 Å². The van der Waals surface area contributed by atoms with Gasteiger partial charge in [-0.3, -0.25) is 4.79 Å². The molecule has 166 valence electrons. The minimum atomic E-state index is -0.471. The Kier molecular flexibility index (Phi) is 6.42. The van der Waals surface area contributed by atoms with E-state index in [0.29, 0.717) is 0 Å². The van der Waals surface area contributed by atoms with Gasteiger partial charge in [0.25, 0.3) is 0 Å². The lowest BCUT2D eigenvalue weighted by molar-refractivity contribution is -0.120. The molecule has 34 heavy (non-hydrogen) atoms. The molecule has 0 saturated heterocycles. The van der Waals surface area contributed by atoms with E-state index in [4.69, 9.17) is 17.2 Å². The molecule has 2 N–H and O–H groups in total. The highest BCUT2D eigenvalue weighted by atomic mass is 32.1. The number of hydrogen-bond acceptors (Lipinski definition) is 4. The van der Waals surface area contributed by atoms with Gasteiger partial charge >= 0.3 is 0 Å². The molecule has 4 aromatic carbocycles. The molecular formula is C28H21N3OS2. The molecule has 6 heteroatoms. The molecule has 0 aliphatic carbocycles. The van der Waals surface area contributed by atoms with Gasteiger partial charge in [0.05, 0.1) is 21.8 Å². The Morgan fingerprint density at radius 3 is 2.03 bits per heavy atom. The molecule has 5 aromatic rings. The van der Waals surface area contributed by atoms with Gasteiger partial charge < -0.3 is 10.6 Å². The summed E-state index contributed by atoms with van der Waals surface area (Å²) < 4.78 is 1.12. The van der Waals surface area contributed by atoms with Crippen molar-refractivity contribution in [1.29, 1.82) is 0 Å². The Hall–Kier alpha value is -3.87. The third-order valence-corrected chi connectivity index (χ3v) is 6.74. The van der Waals surface area contributed by atoms with Crippen molar-refractivity contribution in [3.05, 3.63) is 120 Å². The summed E-state index contributed by atoms with van der Waals surface area (Å²) in [6, 6.07) is 35.3. The number of rotatable bonds is 5. The van der Waals surface area contributed by atoms with Gasteiger partial charge in [-0.15, -0.1) is 11.3 Å². The standard InChI is InChI=1S/C28H21N3OS2/c32-26(25(19-11-3-1-4-12-19)20-13-5-2-6-14-20)31-28(33)30-22-16-8-7-15-21(22)27-29-23-17-9-10-18-24(23)34-27/h1-18,25H,(H2,30,31,32,33). The summed E-state index contributed by atoms with van der Waals surface area (Å²) in [4.78, 5) is 18.1. The van der Waals surface area contributed by atoms with Crippen molar-refractivity contribution in [1.82, 2.24) is 10.3 Å². The van der Waals surface area contributed by atoms with Crippen LogP contribution in [-0.4, -0.2) is 16.0 Å². The summed E-state index contributed by atoms with van der Waals surface area (Å²) in [5, 5.41) is 7.24. The lowest BCUT2D eigenvalue weighted by atomic mass is 9.90. The molecule has 0 fully saturated rings. The minimum absolute atomic E-state index is 0.188. The summed E-state index contributed by atoms with van der Waals surface area (Å²) in [7, 11) is 0. The maximum absolute atomic E-state index is 13.4. The maximum atomic E-state index is 13.4. The van der Waals surface area contributed by atoms with Gasteiger partial charge in [-0.2, -0.15) is 0 Å². The number of nitrogens with one attached hydrogen (secondary N) is 2. The van der Waals surface area contributed by atoms with Gasteiger partial charge in [-0.05, 0) is 47.6 Å². The second kappa shape index (κ2) is 9.95. The van der Waals surface area contributed by atoms with Gasteiger partial charge in [-0.25, -0.2) is 4.98 Å². The third kappa shape index (κ3) is 4.73. The molecule has 1 aromatic heterocycles. The summed E-state index contributed by atoms with van der Waals surface area (Å²) in [6.07, 6.45) is 0.